The van der Waals surface area contributed by atoms with Gasteiger partial charge < -0.3 is 19.7 Å². The second-order valence-electron chi connectivity index (χ2n) is 5.32. The SMILES string of the molecule is C=C(C)COCCNC(=O)N1CCOC(C)(CC)C1. The summed E-state index contributed by atoms with van der Waals surface area (Å²) in [4.78, 5) is 13.8. The maximum atomic E-state index is 12.0. The van der Waals surface area contributed by atoms with Gasteiger partial charge in [0.2, 0.25) is 0 Å². The number of nitrogens with zero attached hydrogens (tertiary/aromatic N) is 1. The highest BCUT2D eigenvalue weighted by Crippen LogP contribution is 2.20. The molecule has 1 N–H and O–H groups in total. The molecule has 0 aromatic carbocycles. The third-order valence-corrected chi connectivity index (χ3v) is 3.24. The van der Waals surface area contributed by atoms with Crippen molar-refractivity contribution in [3.63, 3.8) is 0 Å². The van der Waals surface area contributed by atoms with Crippen molar-refractivity contribution in [1.82, 2.24) is 10.2 Å². The molecule has 0 aromatic heterocycles. The molecule has 5 heteroatoms. The van der Waals surface area contributed by atoms with E-state index in [0.717, 1.165) is 12.0 Å². The molecule has 1 aliphatic rings. The van der Waals surface area contributed by atoms with Crippen LogP contribution in [0.3, 0.4) is 0 Å². The van der Waals surface area contributed by atoms with E-state index in [-0.39, 0.29) is 11.6 Å². The lowest BCUT2D eigenvalue weighted by atomic mass is 10.0. The standard InChI is InChI=1S/C14H26N2O3/c1-5-14(4)11-16(7-9-19-14)13(17)15-6-8-18-10-12(2)3/h2,5-11H2,1,3-4H3,(H,15,17). The molecule has 1 atom stereocenters. The molecule has 1 rings (SSSR count). The first-order valence-electron chi connectivity index (χ1n) is 6.86. The summed E-state index contributed by atoms with van der Waals surface area (Å²) < 4.78 is 11.0. The first-order valence-corrected chi connectivity index (χ1v) is 6.86. The minimum Gasteiger partial charge on any atom is -0.375 e. The summed E-state index contributed by atoms with van der Waals surface area (Å²) >= 11 is 0. The Morgan fingerprint density at radius 2 is 2.32 bits per heavy atom. The molecule has 0 spiro atoms. The van der Waals surface area contributed by atoms with Crippen LogP contribution in [-0.4, -0.2) is 56.0 Å². The number of hydrogen-bond donors (Lipinski definition) is 1. The molecule has 0 aliphatic carbocycles. The largest absolute Gasteiger partial charge is 0.375 e. The minimum atomic E-state index is -0.216. The molecular weight excluding hydrogens is 244 g/mol. The third-order valence-electron chi connectivity index (χ3n) is 3.24. The predicted molar refractivity (Wildman–Crippen MR) is 75.3 cm³/mol. The number of hydrogen-bond acceptors (Lipinski definition) is 3. The van der Waals surface area contributed by atoms with Gasteiger partial charge in [0.25, 0.3) is 0 Å². The Balaban J connectivity index is 2.24. The van der Waals surface area contributed by atoms with E-state index < -0.39 is 0 Å². The highest BCUT2D eigenvalue weighted by molar-refractivity contribution is 5.74. The van der Waals surface area contributed by atoms with Gasteiger partial charge in [0.05, 0.1) is 32.0 Å². The molecule has 1 aliphatic heterocycles. The highest BCUT2D eigenvalue weighted by Gasteiger charge is 2.32. The van der Waals surface area contributed by atoms with Gasteiger partial charge in [-0.1, -0.05) is 19.1 Å². The summed E-state index contributed by atoms with van der Waals surface area (Å²) in [6.45, 7) is 13.2. The van der Waals surface area contributed by atoms with Crippen LogP contribution in [0.5, 0.6) is 0 Å². The zero-order valence-corrected chi connectivity index (χ0v) is 12.3. The normalized spacial score (nSPS) is 23.2. The lowest BCUT2D eigenvalue weighted by molar-refractivity contribution is -0.0873. The number of morpholine rings is 1. The number of rotatable bonds is 6. The van der Waals surface area contributed by atoms with Crippen LogP contribution in [0.25, 0.3) is 0 Å². The van der Waals surface area contributed by atoms with Crippen LogP contribution in [0.2, 0.25) is 0 Å². The van der Waals surface area contributed by atoms with Crippen molar-refractivity contribution >= 4 is 6.03 Å². The molecule has 110 valence electrons. The number of carbonyl (C=O) groups excluding carboxylic acids is 1. The number of ether oxygens (including phenoxy) is 2. The van der Waals surface area contributed by atoms with E-state index in [0.29, 0.717) is 39.5 Å². The van der Waals surface area contributed by atoms with Crippen LogP contribution in [0.4, 0.5) is 4.79 Å². The molecule has 19 heavy (non-hydrogen) atoms. The van der Waals surface area contributed by atoms with E-state index in [1.54, 1.807) is 0 Å². The average Bonchev–Trinajstić information content (AvgIpc) is 2.38. The van der Waals surface area contributed by atoms with E-state index in [2.05, 4.69) is 18.8 Å². The van der Waals surface area contributed by atoms with Crippen LogP contribution in [0.1, 0.15) is 27.2 Å². The van der Waals surface area contributed by atoms with Crippen molar-refractivity contribution < 1.29 is 14.3 Å². The molecule has 0 radical (unpaired) electrons. The van der Waals surface area contributed by atoms with Crippen LogP contribution in [-0.2, 0) is 9.47 Å². The number of urea groups is 1. The maximum absolute atomic E-state index is 12.0. The van der Waals surface area contributed by atoms with Crippen molar-refractivity contribution in [2.24, 2.45) is 0 Å². The van der Waals surface area contributed by atoms with Gasteiger partial charge in [-0.25, -0.2) is 4.79 Å². The van der Waals surface area contributed by atoms with Crippen molar-refractivity contribution in [3.05, 3.63) is 12.2 Å². The first-order chi connectivity index (χ1) is 8.97. The molecule has 0 bridgehead atoms. The number of carbonyl (C=O) groups is 1. The molecule has 1 heterocycles. The second-order valence-corrected chi connectivity index (χ2v) is 5.32. The van der Waals surface area contributed by atoms with Crippen molar-refractivity contribution in [3.8, 4) is 0 Å². The van der Waals surface area contributed by atoms with Crippen molar-refractivity contribution in [1.29, 1.82) is 0 Å². The number of amides is 2. The Hall–Kier alpha value is -1.07. The predicted octanol–water partition coefficient (Wildman–Crippen LogP) is 1.79. The molecule has 2 amide bonds. The lowest BCUT2D eigenvalue weighted by Gasteiger charge is -2.39. The Morgan fingerprint density at radius 1 is 1.58 bits per heavy atom. The summed E-state index contributed by atoms with van der Waals surface area (Å²) in [6, 6.07) is -0.0399. The van der Waals surface area contributed by atoms with E-state index in [1.807, 2.05) is 18.7 Å². The van der Waals surface area contributed by atoms with Crippen molar-refractivity contribution in [2.75, 3.05) is 39.5 Å². The van der Waals surface area contributed by atoms with Crippen LogP contribution in [0, 0.1) is 0 Å². The van der Waals surface area contributed by atoms with Crippen molar-refractivity contribution in [2.45, 2.75) is 32.8 Å². The van der Waals surface area contributed by atoms with Gasteiger partial charge in [-0.15, -0.1) is 0 Å². The zero-order valence-electron chi connectivity index (χ0n) is 12.3. The fourth-order valence-corrected chi connectivity index (χ4v) is 1.91. The molecule has 1 saturated heterocycles. The summed E-state index contributed by atoms with van der Waals surface area (Å²) in [5.74, 6) is 0. The molecule has 1 unspecified atom stereocenters. The van der Waals surface area contributed by atoms with E-state index in [4.69, 9.17) is 9.47 Å². The Labute approximate surface area is 115 Å². The van der Waals surface area contributed by atoms with Gasteiger partial charge in [-0.2, -0.15) is 0 Å². The van der Waals surface area contributed by atoms with Gasteiger partial charge in [0.15, 0.2) is 0 Å². The first kappa shape index (κ1) is 16.0. The zero-order chi connectivity index (χ0) is 14.3. The Kier molecular flexibility index (Phi) is 6.31. The highest BCUT2D eigenvalue weighted by atomic mass is 16.5. The maximum Gasteiger partial charge on any atom is 0.317 e. The van der Waals surface area contributed by atoms with Gasteiger partial charge >= 0.3 is 6.03 Å². The van der Waals surface area contributed by atoms with Gasteiger partial charge in [0, 0.05) is 13.1 Å². The van der Waals surface area contributed by atoms with Gasteiger partial charge in [-0.3, -0.25) is 0 Å². The topological polar surface area (TPSA) is 50.8 Å². The fraction of sp³-hybridized carbons (Fsp3) is 0.786. The van der Waals surface area contributed by atoms with E-state index in [9.17, 15) is 4.79 Å². The third kappa shape index (κ3) is 5.61. The van der Waals surface area contributed by atoms with Crippen LogP contribution >= 0.6 is 0 Å². The van der Waals surface area contributed by atoms with E-state index >= 15 is 0 Å². The monoisotopic (exact) mass is 270 g/mol. The van der Waals surface area contributed by atoms with E-state index in [1.165, 1.54) is 0 Å². The summed E-state index contributed by atoms with van der Waals surface area (Å²) in [6.07, 6.45) is 0.901. The van der Waals surface area contributed by atoms with Crippen LogP contribution in [0.15, 0.2) is 12.2 Å². The smallest absolute Gasteiger partial charge is 0.317 e. The summed E-state index contributed by atoms with van der Waals surface area (Å²) in [5.41, 5.74) is 0.768. The Bertz CT molecular complexity index is 320. The number of nitrogens with one attached hydrogen (secondary N) is 1. The Morgan fingerprint density at radius 3 is 2.95 bits per heavy atom. The average molecular weight is 270 g/mol. The second kappa shape index (κ2) is 7.50. The van der Waals surface area contributed by atoms with Gasteiger partial charge in [-0.05, 0) is 20.3 Å². The van der Waals surface area contributed by atoms with Gasteiger partial charge in [0.1, 0.15) is 0 Å². The van der Waals surface area contributed by atoms with Crippen LogP contribution < -0.4 is 5.32 Å². The molecular formula is C14H26N2O3. The molecule has 0 saturated carbocycles. The quantitative estimate of drug-likeness (QED) is 0.591. The molecule has 5 nitrogen and oxygen atoms in total. The molecule has 0 aromatic rings. The lowest BCUT2D eigenvalue weighted by Crippen LogP contribution is -2.54. The minimum absolute atomic E-state index is 0.0399. The summed E-state index contributed by atoms with van der Waals surface area (Å²) in [7, 11) is 0. The fourth-order valence-electron chi connectivity index (χ4n) is 1.91. The summed E-state index contributed by atoms with van der Waals surface area (Å²) in [5, 5.41) is 2.86. The molecule has 1 fully saturated rings.